The molecule has 0 bridgehead atoms. The van der Waals surface area contributed by atoms with Crippen LogP contribution in [0.1, 0.15) is 26.2 Å². The third-order valence-electron chi connectivity index (χ3n) is 3.52. The van der Waals surface area contributed by atoms with Gasteiger partial charge in [0.15, 0.2) is 0 Å². The van der Waals surface area contributed by atoms with Gasteiger partial charge in [-0.15, -0.1) is 0 Å². The second-order valence-electron chi connectivity index (χ2n) is 5.01. The minimum absolute atomic E-state index is 0.152. The first-order valence-electron chi connectivity index (χ1n) is 6.93. The molecule has 1 saturated heterocycles. The van der Waals surface area contributed by atoms with Crippen LogP contribution < -0.4 is 10.2 Å². The van der Waals surface area contributed by atoms with Crippen molar-refractivity contribution in [2.45, 2.75) is 32.2 Å². The summed E-state index contributed by atoms with van der Waals surface area (Å²) in [5.74, 6) is 0. The topological polar surface area (TPSA) is 58.4 Å². The van der Waals surface area contributed by atoms with E-state index in [0.717, 1.165) is 31.7 Å². The Hall–Kier alpha value is -1.62. The maximum absolute atomic E-state index is 10.7. The Morgan fingerprint density at radius 1 is 1.42 bits per heavy atom. The Bertz CT molecular complexity index is 413. The molecule has 1 atom stereocenters. The monoisotopic (exact) mass is 263 g/mol. The Kier molecular flexibility index (Phi) is 4.74. The van der Waals surface area contributed by atoms with Crippen LogP contribution >= 0.6 is 0 Å². The maximum Gasteiger partial charge on any atom is 0.269 e. The molecule has 104 valence electrons. The van der Waals surface area contributed by atoms with Crippen molar-refractivity contribution in [3.8, 4) is 0 Å². The molecule has 1 aromatic rings. The van der Waals surface area contributed by atoms with Crippen molar-refractivity contribution in [1.29, 1.82) is 0 Å². The quantitative estimate of drug-likeness (QED) is 0.633. The van der Waals surface area contributed by atoms with E-state index in [1.807, 2.05) is 12.1 Å². The van der Waals surface area contributed by atoms with Crippen molar-refractivity contribution < 1.29 is 4.92 Å². The zero-order valence-corrected chi connectivity index (χ0v) is 11.3. The lowest BCUT2D eigenvalue weighted by atomic mass is 10.2. The average Bonchev–Trinajstić information content (AvgIpc) is 2.91. The van der Waals surface area contributed by atoms with Gasteiger partial charge in [-0.1, -0.05) is 6.92 Å². The Labute approximate surface area is 113 Å². The minimum Gasteiger partial charge on any atom is -0.370 e. The Morgan fingerprint density at radius 2 is 2.16 bits per heavy atom. The second kappa shape index (κ2) is 6.52. The number of hydrogen-bond acceptors (Lipinski definition) is 4. The maximum atomic E-state index is 10.7. The van der Waals surface area contributed by atoms with Gasteiger partial charge in [0.25, 0.3) is 5.69 Å². The van der Waals surface area contributed by atoms with E-state index in [2.05, 4.69) is 17.1 Å². The molecule has 0 saturated carbocycles. The first-order chi connectivity index (χ1) is 9.20. The zero-order chi connectivity index (χ0) is 13.7. The summed E-state index contributed by atoms with van der Waals surface area (Å²) in [6.45, 7) is 5.22. The summed E-state index contributed by atoms with van der Waals surface area (Å²) >= 11 is 0. The molecule has 1 unspecified atom stereocenters. The summed E-state index contributed by atoms with van der Waals surface area (Å²) in [6.07, 6.45) is 3.53. The van der Waals surface area contributed by atoms with Crippen LogP contribution in [0, 0.1) is 10.1 Å². The number of nitrogens with zero attached hydrogens (tertiary/aromatic N) is 2. The van der Waals surface area contributed by atoms with Gasteiger partial charge < -0.3 is 10.2 Å². The van der Waals surface area contributed by atoms with Crippen LogP contribution in [0.4, 0.5) is 11.4 Å². The molecule has 5 heteroatoms. The number of benzene rings is 1. The fraction of sp³-hybridized carbons (Fsp3) is 0.571. The molecule has 1 aliphatic heterocycles. The van der Waals surface area contributed by atoms with E-state index < -0.39 is 0 Å². The molecule has 1 aliphatic rings. The SMILES string of the molecule is CCCN(CC1CCCN1)c1ccc([N+](=O)[O-])cc1. The first-order valence-corrected chi connectivity index (χ1v) is 6.93. The molecule has 0 aromatic heterocycles. The molecular formula is C14H21N3O2. The van der Waals surface area contributed by atoms with Gasteiger partial charge in [0.05, 0.1) is 4.92 Å². The molecule has 0 amide bonds. The van der Waals surface area contributed by atoms with Crippen LogP contribution in [0.25, 0.3) is 0 Å². The van der Waals surface area contributed by atoms with Crippen molar-refractivity contribution in [3.63, 3.8) is 0 Å². The predicted octanol–water partition coefficient (Wildman–Crippen LogP) is 2.56. The number of nitrogens with one attached hydrogen (secondary N) is 1. The highest BCUT2D eigenvalue weighted by Gasteiger charge is 2.18. The van der Waals surface area contributed by atoms with E-state index in [4.69, 9.17) is 0 Å². The van der Waals surface area contributed by atoms with E-state index in [0.29, 0.717) is 6.04 Å². The van der Waals surface area contributed by atoms with Gasteiger partial charge in [-0.05, 0) is 37.9 Å². The summed E-state index contributed by atoms with van der Waals surface area (Å²) in [6, 6.07) is 7.41. The predicted molar refractivity (Wildman–Crippen MR) is 76.6 cm³/mol. The van der Waals surface area contributed by atoms with E-state index in [1.54, 1.807) is 12.1 Å². The van der Waals surface area contributed by atoms with Crippen molar-refractivity contribution in [2.75, 3.05) is 24.5 Å². The van der Waals surface area contributed by atoms with Gasteiger partial charge in [-0.25, -0.2) is 0 Å². The first kappa shape index (κ1) is 13.8. The third-order valence-corrected chi connectivity index (χ3v) is 3.52. The molecule has 1 N–H and O–H groups in total. The number of nitro benzene ring substituents is 1. The average molecular weight is 263 g/mol. The van der Waals surface area contributed by atoms with Gasteiger partial charge in [0, 0.05) is 37.0 Å². The molecule has 1 aromatic carbocycles. The van der Waals surface area contributed by atoms with Crippen LogP contribution in [0.2, 0.25) is 0 Å². The van der Waals surface area contributed by atoms with Crippen molar-refractivity contribution in [1.82, 2.24) is 5.32 Å². The van der Waals surface area contributed by atoms with Crippen molar-refractivity contribution in [2.24, 2.45) is 0 Å². The highest BCUT2D eigenvalue weighted by Crippen LogP contribution is 2.21. The van der Waals surface area contributed by atoms with Crippen LogP contribution in [-0.4, -0.2) is 30.6 Å². The van der Waals surface area contributed by atoms with Crippen LogP contribution in [-0.2, 0) is 0 Å². The largest absolute Gasteiger partial charge is 0.370 e. The summed E-state index contributed by atoms with van der Waals surface area (Å²) in [5, 5.41) is 14.2. The summed E-state index contributed by atoms with van der Waals surface area (Å²) < 4.78 is 0. The highest BCUT2D eigenvalue weighted by atomic mass is 16.6. The minimum atomic E-state index is -0.355. The Balaban J connectivity index is 2.06. The summed E-state index contributed by atoms with van der Waals surface area (Å²) in [5.41, 5.74) is 1.22. The fourth-order valence-corrected chi connectivity index (χ4v) is 2.56. The molecule has 0 aliphatic carbocycles. The molecule has 19 heavy (non-hydrogen) atoms. The molecule has 5 nitrogen and oxygen atoms in total. The summed E-state index contributed by atoms with van der Waals surface area (Å²) in [7, 11) is 0. The van der Waals surface area contributed by atoms with E-state index in [-0.39, 0.29) is 10.6 Å². The normalized spacial score (nSPS) is 18.5. The smallest absolute Gasteiger partial charge is 0.269 e. The van der Waals surface area contributed by atoms with Crippen molar-refractivity contribution >= 4 is 11.4 Å². The van der Waals surface area contributed by atoms with Crippen LogP contribution in [0.15, 0.2) is 24.3 Å². The van der Waals surface area contributed by atoms with Gasteiger partial charge in [-0.2, -0.15) is 0 Å². The molecular weight excluding hydrogens is 242 g/mol. The molecule has 0 radical (unpaired) electrons. The molecule has 1 fully saturated rings. The van der Waals surface area contributed by atoms with E-state index in [1.165, 1.54) is 12.8 Å². The lowest BCUT2D eigenvalue weighted by Gasteiger charge is -2.27. The van der Waals surface area contributed by atoms with E-state index in [9.17, 15) is 10.1 Å². The Morgan fingerprint density at radius 3 is 2.68 bits per heavy atom. The second-order valence-corrected chi connectivity index (χ2v) is 5.01. The van der Waals surface area contributed by atoms with Gasteiger partial charge >= 0.3 is 0 Å². The highest BCUT2D eigenvalue weighted by molar-refractivity contribution is 5.51. The summed E-state index contributed by atoms with van der Waals surface area (Å²) in [4.78, 5) is 12.6. The van der Waals surface area contributed by atoms with E-state index >= 15 is 0 Å². The van der Waals surface area contributed by atoms with Gasteiger partial charge in [0.1, 0.15) is 0 Å². The molecule has 0 spiro atoms. The zero-order valence-electron chi connectivity index (χ0n) is 11.3. The standard InChI is InChI=1S/C14H21N3O2/c1-2-10-16(11-12-4-3-9-15-12)13-5-7-14(8-6-13)17(18)19/h5-8,12,15H,2-4,9-11H2,1H3. The van der Waals surface area contributed by atoms with Gasteiger partial charge in [0.2, 0.25) is 0 Å². The molecule has 2 rings (SSSR count). The van der Waals surface area contributed by atoms with Gasteiger partial charge in [-0.3, -0.25) is 10.1 Å². The van der Waals surface area contributed by atoms with Crippen molar-refractivity contribution in [3.05, 3.63) is 34.4 Å². The number of rotatable bonds is 6. The number of anilines is 1. The number of nitro groups is 1. The number of hydrogen-bond donors (Lipinski definition) is 1. The lowest BCUT2D eigenvalue weighted by molar-refractivity contribution is -0.384. The fourth-order valence-electron chi connectivity index (χ4n) is 2.56. The molecule has 1 heterocycles. The van der Waals surface area contributed by atoms with Crippen LogP contribution in [0.5, 0.6) is 0 Å². The van der Waals surface area contributed by atoms with Crippen LogP contribution in [0.3, 0.4) is 0 Å². The number of non-ortho nitro benzene ring substituents is 1. The third kappa shape index (κ3) is 3.67. The lowest BCUT2D eigenvalue weighted by Crippen LogP contribution is -2.38.